The van der Waals surface area contributed by atoms with Crippen molar-refractivity contribution in [2.75, 3.05) is 40.0 Å². The number of esters is 1. The molecule has 0 aromatic carbocycles. The van der Waals surface area contributed by atoms with Crippen molar-refractivity contribution in [1.29, 1.82) is 0 Å². The summed E-state index contributed by atoms with van der Waals surface area (Å²) in [5.41, 5.74) is 3.15. The Morgan fingerprint density at radius 3 is 2.72 bits per heavy atom. The van der Waals surface area contributed by atoms with Crippen LogP contribution in [0.25, 0.3) is 0 Å². The first kappa shape index (κ1) is 22.9. The average molecular weight is 408 g/mol. The summed E-state index contributed by atoms with van der Waals surface area (Å²) < 4.78 is 10.0. The van der Waals surface area contributed by atoms with Crippen LogP contribution in [0, 0.1) is 19.8 Å². The molecule has 1 aromatic rings. The van der Waals surface area contributed by atoms with Crippen molar-refractivity contribution < 1.29 is 23.9 Å². The smallest absolute Gasteiger partial charge is 0.355 e. The molecule has 2 N–H and O–H groups in total. The van der Waals surface area contributed by atoms with Gasteiger partial charge in [-0.2, -0.15) is 0 Å². The molecule has 2 rings (SSSR count). The Labute approximate surface area is 172 Å². The molecule has 1 fully saturated rings. The van der Waals surface area contributed by atoms with Gasteiger partial charge in [0.05, 0.1) is 19.1 Å². The van der Waals surface area contributed by atoms with Gasteiger partial charge in [-0.15, -0.1) is 0 Å². The van der Waals surface area contributed by atoms with Crippen LogP contribution in [0.4, 0.5) is 0 Å². The number of carbonyl (C=O) groups is 3. The van der Waals surface area contributed by atoms with Crippen molar-refractivity contribution in [3.63, 3.8) is 0 Å². The van der Waals surface area contributed by atoms with Crippen molar-refractivity contribution in [1.82, 2.24) is 15.2 Å². The molecule has 2 amide bonds. The van der Waals surface area contributed by atoms with E-state index in [0.29, 0.717) is 51.4 Å². The normalized spacial score (nSPS) is 16.6. The molecule has 1 atom stereocenters. The van der Waals surface area contributed by atoms with Crippen LogP contribution in [0.5, 0.6) is 0 Å². The van der Waals surface area contributed by atoms with Gasteiger partial charge in [0.2, 0.25) is 11.8 Å². The topological polar surface area (TPSA) is 101 Å². The molecule has 0 radical (unpaired) electrons. The first-order valence-electron chi connectivity index (χ1n) is 10.3. The van der Waals surface area contributed by atoms with Crippen molar-refractivity contribution in [3.8, 4) is 0 Å². The third-order valence-corrected chi connectivity index (χ3v) is 5.41. The number of H-pyrrole nitrogens is 1. The van der Waals surface area contributed by atoms with Crippen molar-refractivity contribution in [2.24, 2.45) is 5.92 Å². The summed E-state index contributed by atoms with van der Waals surface area (Å²) in [6, 6.07) is 0. The maximum Gasteiger partial charge on any atom is 0.355 e. The summed E-state index contributed by atoms with van der Waals surface area (Å²) in [7, 11) is 1.59. The molecule has 0 spiro atoms. The minimum atomic E-state index is -0.371. The zero-order valence-electron chi connectivity index (χ0n) is 17.9. The van der Waals surface area contributed by atoms with Gasteiger partial charge in [0.15, 0.2) is 0 Å². The highest BCUT2D eigenvalue weighted by Gasteiger charge is 2.28. The molecule has 8 nitrogen and oxygen atoms in total. The number of carbonyl (C=O) groups excluding carboxylic acids is 3. The number of likely N-dealkylation sites (tertiary alicyclic amines) is 1. The minimum absolute atomic E-state index is 0.0176. The van der Waals surface area contributed by atoms with E-state index >= 15 is 0 Å². The van der Waals surface area contributed by atoms with Gasteiger partial charge < -0.3 is 24.7 Å². The first-order valence-corrected chi connectivity index (χ1v) is 10.3. The lowest BCUT2D eigenvalue weighted by atomic mass is 9.96. The number of piperidine rings is 1. The standard InChI is InChI=1S/C21H33N3O5/c1-5-29-21(27)19-14(2)17(15(3)23-19)8-9-18(25)24-11-6-7-16(13-24)20(26)22-10-12-28-4/h16,23H,5-13H2,1-4H3,(H,22,26)/t16-/m1/s1. The molecule has 0 unspecified atom stereocenters. The van der Waals surface area contributed by atoms with Gasteiger partial charge >= 0.3 is 5.97 Å². The molecule has 29 heavy (non-hydrogen) atoms. The number of nitrogens with zero attached hydrogens (tertiary/aromatic N) is 1. The number of aromatic nitrogens is 1. The predicted octanol–water partition coefficient (Wildman–Crippen LogP) is 1.74. The summed E-state index contributed by atoms with van der Waals surface area (Å²) in [4.78, 5) is 41.9. The van der Waals surface area contributed by atoms with E-state index in [2.05, 4.69) is 10.3 Å². The zero-order chi connectivity index (χ0) is 21.4. The van der Waals surface area contributed by atoms with E-state index in [0.717, 1.165) is 29.7 Å². The summed E-state index contributed by atoms with van der Waals surface area (Å²) in [6.07, 6.45) is 2.51. The van der Waals surface area contributed by atoms with Crippen LogP contribution in [0.3, 0.4) is 0 Å². The molecule has 1 aliphatic rings. The molecule has 0 bridgehead atoms. The molecular formula is C21H33N3O5. The fourth-order valence-electron chi connectivity index (χ4n) is 3.80. The lowest BCUT2D eigenvalue weighted by molar-refractivity contribution is -0.135. The molecule has 0 saturated carbocycles. The van der Waals surface area contributed by atoms with Gasteiger partial charge in [0.1, 0.15) is 5.69 Å². The first-order chi connectivity index (χ1) is 13.9. The molecule has 2 heterocycles. The maximum atomic E-state index is 12.7. The third kappa shape index (κ3) is 6.06. The highest BCUT2D eigenvalue weighted by Crippen LogP contribution is 2.22. The van der Waals surface area contributed by atoms with Crippen molar-refractivity contribution >= 4 is 17.8 Å². The summed E-state index contributed by atoms with van der Waals surface area (Å²) in [5, 5.41) is 2.86. The molecule has 0 aliphatic carbocycles. The molecule has 162 valence electrons. The van der Waals surface area contributed by atoms with Crippen LogP contribution in [-0.2, 0) is 25.5 Å². The molecule has 8 heteroatoms. The SMILES string of the molecule is CCOC(=O)c1[nH]c(C)c(CCC(=O)N2CCC[C@@H](C(=O)NCCOC)C2)c1C. The summed E-state index contributed by atoms with van der Waals surface area (Å²) in [6.45, 7) is 7.95. The van der Waals surface area contributed by atoms with E-state index in [1.807, 2.05) is 13.8 Å². The van der Waals surface area contributed by atoms with Gasteiger partial charge in [0, 0.05) is 38.9 Å². The van der Waals surface area contributed by atoms with E-state index in [1.54, 1.807) is 18.9 Å². The molecule has 1 aliphatic heterocycles. The monoisotopic (exact) mass is 407 g/mol. The Balaban J connectivity index is 1.92. The van der Waals surface area contributed by atoms with E-state index in [-0.39, 0.29) is 23.7 Å². The molecule has 1 saturated heterocycles. The lowest BCUT2D eigenvalue weighted by Crippen LogP contribution is -2.46. The number of amides is 2. The summed E-state index contributed by atoms with van der Waals surface area (Å²) >= 11 is 0. The van der Waals surface area contributed by atoms with Crippen LogP contribution in [-0.4, -0.2) is 67.6 Å². The highest BCUT2D eigenvalue weighted by atomic mass is 16.5. The van der Waals surface area contributed by atoms with Crippen LogP contribution in [0.15, 0.2) is 0 Å². The number of aryl methyl sites for hydroxylation is 1. The Hall–Kier alpha value is -2.35. The minimum Gasteiger partial charge on any atom is -0.461 e. The number of hydrogen-bond acceptors (Lipinski definition) is 5. The second-order valence-electron chi connectivity index (χ2n) is 7.41. The Kier molecular flexibility index (Phi) is 8.70. The van der Waals surface area contributed by atoms with E-state index in [9.17, 15) is 14.4 Å². The van der Waals surface area contributed by atoms with Crippen LogP contribution >= 0.6 is 0 Å². The number of ether oxygens (including phenoxy) is 2. The average Bonchev–Trinajstić information content (AvgIpc) is 3.00. The highest BCUT2D eigenvalue weighted by molar-refractivity contribution is 5.90. The van der Waals surface area contributed by atoms with Crippen LogP contribution in [0.1, 0.15) is 53.5 Å². The van der Waals surface area contributed by atoms with Gasteiger partial charge in [-0.1, -0.05) is 0 Å². The zero-order valence-corrected chi connectivity index (χ0v) is 17.9. The number of hydrogen-bond donors (Lipinski definition) is 2. The number of methoxy groups -OCH3 is 1. The largest absolute Gasteiger partial charge is 0.461 e. The van der Waals surface area contributed by atoms with Crippen LogP contribution in [0.2, 0.25) is 0 Å². The number of rotatable bonds is 9. The maximum absolute atomic E-state index is 12.7. The van der Waals surface area contributed by atoms with E-state index in [1.165, 1.54) is 0 Å². The third-order valence-electron chi connectivity index (χ3n) is 5.41. The lowest BCUT2D eigenvalue weighted by Gasteiger charge is -2.32. The fourth-order valence-corrected chi connectivity index (χ4v) is 3.80. The Morgan fingerprint density at radius 1 is 1.28 bits per heavy atom. The number of aromatic amines is 1. The van der Waals surface area contributed by atoms with Crippen LogP contribution < -0.4 is 5.32 Å². The Morgan fingerprint density at radius 2 is 2.03 bits per heavy atom. The number of nitrogens with one attached hydrogen (secondary N) is 2. The van der Waals surface area contributed by atoms with Crippen molar-refractivity contribution in [2.45, 2.75) is 46.5 Å². The summed E-state index contributed by atoms with van der Waals surface area (Å²) in [5.74, 6) is -0.521. The predicted molar refractivity (Wildman–Crippen MR) is 109 cm³/mol. The van der Waals surface area contributed by atoms with Gasteiger partial charge in [-0.05, 0) is 51.2 Å². The Bertz CT molecular complexity index is 728. The molecular weight excluding hydrogens is 374 g/mol. The van der Waals surface area contributed by atoms with E-state index in [4.69, 9.17) is 9.47 Å². The second kappa shape index (κ2) is 11.0. The van der Waals surface area contributed by atoms with Gasteiger partial charge in [0.25, 0.3) is 0 Å². The van der Waals surface area contributed by atoms with Gasteiger partial charge in [-0.3, -0.25) is 9.59 Å². The fraction of sp³-hybridized carbons (Fsp3) is 0.667. The van der Waals surface area contributed by atoms with Crippen molar-refractivity contribution in [3.05, 3.63) is 22.5 Å². The van der Waals surface area contributed by atoms with E-state index < -0.39 is 0 Å². The van der Waals surface area contributed by atoms with Gasteiger partial charge in [-0.25, -0.2) is 4.79 Å². The molecule has 1 aromatic heterocycles. The second-order valence-corrected chi connectivity index (χ2v) is 7.41. The quantitative estimate of drug-likeness (QED) is 0.480.